The molecule has 0 saturated carbocycles. The summed E-state index contributed by atoms with van der Waals surface area (Å²) in [7, 11) is 0. The van der Waals surface area contributed by atoms with E-state index in [0.29, 0.717) is 16.3 Å². The zero-order valence-electron chi connectivity index (χ0n) is 8.46. The monoisotopic (exact) mass is 247 g/mol. The number of nitriles is 1. The number of carboxylic acid groups (broad SMARTS) is 1. The van der Waals surface area contributed by atoms with Crippen LogP contribution in [0.3, 0.4) is 0 Å². The van der Waals surface area contributed by atoms with Crippen LogP contribution in [0, 0.1) is 11.3 Å². The van der Waals surface area contributed by atoms with Crippen molar-refractivity contribution in [1.82, 2.24) is 9.78 Å². The van der Waals surface area contributed by atoms with Gasteiger partial charge in [-0.1, -0.05) is 11.6 Å². The van der Waals surface area contributed by atoms with Crippen LogP contribution in [0.5, 0.6) is 0 Å². The summed E-state index contributed by atoms with van der Waals surface area (Å²) in [5.41, 5.74) is 1.04. The van der Waals surface area contributed by atoms with Crippen LogP contribution in [0.2, 0.25) is 5.02 Å². The second kappa shape index (κ2) is 4.28. The van der Waals surface area contributed by atoms with Crippen molar-refractivity contribution in [2.75, 3.05) is 0 Å². The van der Waals surface area contributed by atoms with Crippen LogP contribution < -0.4 is 0 Å². The fourth-order valence-corrected chi connectivity index (χ4v) is 1.59. The van der Waals surface area contributed by atoms with Crippen LogP contribution in [-0.4, -0.2) is 20.9 Å². The molecule has 2 aromatic rings. The van der Waals surface area contributed by atoms with Crippen molar-refractivity contribution >= 4 is 17.6 Å². The number of rotatable bonds is 2. The largest absolute Gasteiger partial charge is 0.478 e. The molecule has 0 fully saturated rings. The van der Waals surface area contributed by atoms with Crippen LogP contribution in [-0.2, 0) is 0 Å². The number of carboxylic acids is 1. The van der Waals surface area contributed by atoms with Gasteiger partial charge in [0, 0.05) is 6.20 Å². The Bertz CT molecular complexity index is 628. The summed E-state index contributed by atoms with van der Waals surface area (Å²) in [4.78, 5) is 10.7. The van der Waals surface area contributed by atoms with Gasteiger partial charge in [0.15, 0.2) is 0 Å². The molecule has 6 heteroatoms. The summed E-state index contributed by atoms with van der Waals surface area (Å²) < 4.78 is 1.35. The molecule has 0 amide bonds. The van der Waals surface area contributed by atoms with Crippen molar-refractivity contribution in [2.24, 2.45) is 0 Å². The minimum atomic E-state index is -1.05. The van der Waals surface area contributed by atoms with E-state index >= 15 is 0 Å². The van der Waals surface area contributed by atoms with Crippen molar-refractivity contribution in [3.8, 4) is 11.8 Å². The van der Waals surface area contributed by atoms with Crippen LogP contribution in [0.15, 0.2) is 30.6 Å². The summed E-state index contributed by atoms with van der Waals surface area (Å²) >= 11 is 5.97. The normalized spacial score (nSPS) is 9.88. The second-order valence-corrected chi connectivity index (χ2v) is 3.66. The maximum atomic E-state index is 10.7. The summed E-state index contributed by atoms with van der Waals surface area (Å²) in [6.45, 7) is 0. The van der Waals surface area contributed by atoms with Gasteiger partial charge >= 0.3 is 5.97 Å². The topological polar surface area (TPSA) is 78.9 Å². The molecule has 5 nitrogen and oxygen atoms in total. The van der Waals surface area contributed by atoms with E-state index in [1.807, 2.05) is 6.07 Å². The molecular formula is C11H6ClN3O2. The highest BCUT2D eigenvalue weighted by Gasteiger charge is 2.09. The number of aromatic nitrogens is 2. The first kappa shape index (κ1) is 11.2. The molecule has 1 heterocycles. The van der Waals surface area contributed by atoms with Crippen molar-refractivity contribution in [3.63, 3.8) is 0 Å². The predicted molar refractivity (Wildman–Crippen MR) is 60.2 cm³/mol. The fourth-order valence-electron chi connectivity index (χ4n) is 1.33. The third-order valence-electron chi connectivity index (χ3n) is 2.15. The van der Waals surface area contributed by atoms with Crippen LogP contribution >= 0.6 is 11.6 Å². The summed E-state index contributed by atoms with van der Waals surface area (Å²) in [6, 6.07) is 6.66. The molecule has 0 bridgehead atoms. The minimum Gasteiger partial charge on any atom is -0.478 e. The van der Waals surface area contributed by atoms with Gasteiger partial charge in [-0.2, -0.15) is 10.4 Å². The van der Waals surface area contributed by atoms with Gasteiger partial charge in [-0.3, -0.25) is 0 Å². The molecule has 2 rings (SSSR count). The third kappa shape index (κ3) is 2.12. The SMILES string of the molecule is N#Cc1ccc(-n2cc(C(=O)O)cn2)c(Cl)c1. The molecule has 0 saturated heterocycles. The smallest absolute Gasteiger partial charge is 0.338 e. The van der Waals surface area contributed by atoms with Crippen LogP contribution in [0.1, 0.15) is 15.9 Å². The molecule has 0 radical (unpaired) electrons. The highest BCUT2D eigenvalue weighted by Crippen LogP contribution is 2.21. The Labute approximate surface area is 101 Å². The Hall–Kier alpha value is -2.32. The highest BCUT2D eigenvalue weighted by atomic mass is 35.5. The van der Waals surface area contributed by atoms with E-state index in [1.165, 1.54) is 23.1 Å². The molecule has 0 atom stereocenters. The maximum Gasteiger partial charge on any atom is 0.338 e. The van der Waals surface area contributed by atoms with Gasteiger partial charge in [0.05, 0.1) is 34.1 Å². The van der Waals surface area contributed by atoms with E-state index < -0.39 is 5.97 Å². The lowest BCUT2D eigenvalue weighted by molar-refractivity contribution is 0.0697. The number of carbonyl (C=O) groups is 1. The summed E-state index contributed by atoms with van der Waals surface area (Å²) in [5.74, 6) is -1.05. The van der Waals surface area contributed by atoms with Gasteiger partial charge in [-0.25, -0.2) is 9.48 Å². The average Bonchev–Trinajstić information content (AvgIpc) is 2.78. The van der Waals surface area contributed by atoms with Crippen LogP contribution in [0.4, 0.5) is 0 Å². The molecule has 0 aliphatic heterocycles. The van der Waals surface area contributed by atoms with E-state index in [1.54, 1.807) is 12.1 Å². The molecule has 84 valence electrons. The average molecular weight is 248 g/mol. The van der Waals surface area contributed by atoms with E-state index in [9.17, 15) is 4.79 Å². The molecule has 1 N–H and O–H groups in total. The van der Waals surface area contributed by atoms with Gasteiger partial charge in [0.1, 0.15) is 0 Å². The Morgan fingerprint density at radius 3 is 2.82 bits per heavy atom. The molecule has 0 unspecified atom stereocenters. The lowest BCUT2D eigenvalue weighted by atomic mass is 10.2. The minimum absolute atomic E-state index is 0.0745. The van der Waals surface area contributed by atoms with E-state index in [-0.39, 0.29) is 5.56 Å². The molecule has 0 aliphatic carbocycles. The van der Waals surface area contributed by atoms with E-state index in [4.69, 9.17) is 22.0 Å². The zero-order chi connectivity index (χ0) is 12.4. The maximum absolute atomic E-state index is 10.7. The number of aromatic carboxylic acids is 1. The number of hydrogen-bond acceptors (Lipinski definition) is 3. The Balaban J connectivity index is 2.46. The third-order valence-corrected chi connectivity index (χ3v) is 2.46. The predicted octanol–water partition coefficient (Wildman–Crippen LogP) is 2.10. The van der Waals surface area contributed by atoms with Crippen molar-refractivity contribution < 1.29 is 9.90 Å². The number of hydrogen-bond donors (Lipinski definition) is 1. The number of benzene rings is 1. The number of nitrogens with zero attached hydrogens (tertiary/aromatic N) is 3. The Kier molecular flexibility index (Phi) is 2.81. The molecule has 1 aromatic carbocycles. The Morgan fingerprint density at radius 1 is 1.53 bits per heavy atom. The van der Waals surface area contributed by atoms with Gasteiger partial charge in [-0.15, -0.1) is 0 Å². The molecule has 0 spiro atoms. The first-order chi connectivity index (χ1) is 8.11. The summed E-state index contributed by atoms with van der Waals surface area (Å²) in [6.07, 6.45) is 2.59. The quantitative estimate of drug-likeness (QED) is 0.881. The summed E-state index contributed by atoms with van der Waals surface area (Å²) in [5, 5.41) is 21.7. The highest BCUT2D eigenvalue weighted by molar-refractivity contribution is 6.32. The molecule has 1 aromatic heterocycles. The van der Waals surface area contributed by atoms with Gasteiger partial charge in [0.2, 0.25) is 0 Å². The molecule has 17 heavy (non-hydrogen) atoms. The van der Waals surface area contributed by atoms with Crippen LogP contribution in [0.25, 0.3) is 5.69 Å². The first-order valence-corrected chi connectivity index (χ1v) is 4.97. The van der Waals surface area contributed by atoms with Gasteiger partial charge < -0.3 is 5.11 Å². The van der Waals surface area contributed by atoms with Crippen molar-refractivity contribution in [3.05, 3.63) is 46.7 Å². The lowest BCUT2D eigenvalue weighted by Crippen LogP contribution is -1.97. The fraction of sp³-hybridized carbons (Fsp3) is 0. The van der Waals surface area contributed by atoms with Crippen molar-refractivity contribution in [1.29, 1.82) is 5.26 Å². The van der Waals surface area contributed by atoms with Gasteiger partial charge in [0.25, 0.3) is 0 Å². The lowest BCUT2D eigenvalue weighted by Gasteiger charge is -2.03. The van der Waals surface area contributed by atoms with Gasteiger partial charge in [-0.05, 0) is 18.2 Å². The molecular weight excluding hydrogens is 242 g/mol. The second-order valence-electron chi connectivity index (χ2n) is 3.26. The molecule has 0 aliphatic rings. The Morgan fingerprint density at radius 2 is 2.29 bits per heavy atom. The first-order valence-electron chi connectivity index (χ1n) is 4.60. The zero-order valence-corrected chi connectivity index (χ0v) is 9.22. The van der Waals surface area contributed by atoms with Crippen molar-refractivity contribution in [2.45, 2.75) is 0 Å². The standard InChI is InChI=1S/C11H6ClN3O2/c12-9-3-7(4-13)1-2-10(9)15-6-8(5-14-15)11(16)17/h1-3,5-6H,(H,16,17). The number of halogens is 1. The van der Waals surface area contributed by atoms with E-state index in [2.05, 4.69) is 5.10 Å². The van der Waals surface area contributed by atoms with E-state index in [0.717, 1.165) is 0 Å².